The highest BCUT2D eigenvalue weighted by molar-refractivity contribution is 5.84. The third-order valence-electron chi connectivity index (χ3n) is 6.15. The molecule has 7 nitrogen and oxygen atoms in total. The number of benzene rings is 2. The smallest absolute Gasteiger partial charge is 0.387 e. The SMILES string of the molecule is Fc1ccc(F)c([C@H]2CCCN2c2ccn3ncc(-c4nc5ccc(OC(F)F)cc5[nH]4)c3n2)c1. The zero-order valence-electron chi connectivity index (χ0n) is 18.1. The summed E-state index contributed by atoms with van der Waals surface area (Å²) in [6, 6.07) is 9.39. The molecule has 1 atom stereocenters. The van der Waals surface area contributed by atoms with Crippen LogP contribution in [0.2, 0.25) is 0 Å². The summed E-state index contributed by atoms with van der Waals surface area (Å²) in [7, 11) is 0. The number of aromatic nitrogens is 5. The van der Waals surface area contributed by atoms with Gasteiger partial charge in [0.15, 0.2) is 5.65 Å². The largest absolute Gasteiger partial charge is 0.435 e. The highest BCUT2D eigenvalue weighted by atomic mass is 19.3. The van der Waals surface area contributed by atoms with Crippen LogP contribution in [0.15, 0.2) is 54.9 Å². The van der Waals surface area contributed by atoms with E-state index in [9.17, 15) is 17.6 Å². The normalized spacial score (nSPS) is 16.1. The van der Waals surface area contributed by atoms with Gasteiger partial charge < -0.3 is 14.6 Å². The van der Waals surface area contributed by atoms with E-state index in [1.807, 2.05) is 4.90 Å². The molecule has 1 aliphatic heterocycles. The number of fused-ring (bicyclic) bond motifs is 2. The molecule has 1 saturated heterocycles. The lowest BCUT2D eigenvalue weighted by atomic mass is 10.0. The van der Waals surface area contributed by atoms with E-state index in [0.717, 1.165) is 18.6 Å². The Kier molecular flexibility index (Phi) is 5.05. The second kappa shape index (κ2) is 8.26. The van der Waals surface area contributed by atoms with E-state index in [4.69, 9.17) is 4.98 Å². The fourth-order valence-electron chi connectivity index (χ4n) is 4.61. The Morgan fingerprint density at radius 3 is 2.80 bits per heavy atom. The van der Waals surface area contributed by atoms with Crippen molar-refractivity contribution in [3.05, 3.63) is 72.1 Å². The van der Waals surface area contributed by atoms with Gasteiger partial charge in [0.2, 0.25) is 0 Å². The molecule has 1 fully saturated rings. The van der Waals surface area contributed by atoms with Crippen molar-refractivity contribution in [2.24, 2.45) is 0 Å². The number of hydrogen-bond acceptors (Lipinski definition) is 5. The number of ether oxygens (including phenoxy) is 1. The molecule has 0 radical (unpaired) electrons. The van der Waals surface area contributed by atoms with E-state index in [-0.39, 0.29) is 11.8 Å². The molecule has 0 amide bonds. The lowest BCUT2D eigenvalue weighted by molar-refractivity contribution is -0.0497. The Morgan fingerprint density at radius 1 is 1.06 bits per heavy atom. The summed E-state index contributed by atoms with van der Waals surface area (Å²) >= 11 is 0. The number of H-pyrrole nitrogens is 1. The Bertz CT molecular complexity index is 1550. The topological polar surface area (TPSA) is 71.3 Å². The number of anilines is 1. The molecule has 1 aliphatic rings. The van der Waals surface area contributed by atoms with Gasteiger partial charge in [-0.3, -0.25) is 0 Å². The molecule has 1 N–H and O–H groups in total. The van der Waals surface area contributed by atoms with E-state index in [2.05, 4.69) is 19.8 Å². The summed E-state index contributed by atoms with van der Waals surface area (Å²) in [5.41, 5.74) is 2.51. The minimum absolute atomic E-state index is 0.0210. The molecule has 2 aromatic carbocycles. The van der Waals surface area contributed by atoms with Gasteiger partial charge >= 0.3 is 6.61 Å². The summed E-state index contributed by atoms with van der Waals surface area (Å²) in [5, 5.41) is 4.33. The maximum Gasteiger partial charge on any atom is 0.387 e. The maximum atomic E-state index is 14.5. The monoisotopic (exact) mass is 482 g/mol. The quantitative estimate of drug-likeness (QED) is 0.335. The molecule has 0 aliphatic carbocycles. The third kappa shape index (κ3) is 3.82. The van der Waals surface area contributed by atoms with Crippen molar-refractivity contribution < 1.29 is 22.3 Å². The minimum Gasteiger partial charge on any atom is -0.435 e. The minimum atomic E-state index is -2.92. The first kappa shape index (κ1) is 21.4. The highest BCUT2D eigenvalue weighted by Crippen LogP contribution is 2.37. The van der Waals surface area contributed by atoms with Crippen molar-refractivity contribution >= 4 is 22.5 Å². The predicted molar refractivity (Wildman–Crippen MR) is 120 cm³/mol. The van der Waals surface area contributed by atoms with Gasteiger partial charge in [-0.2, -0.15) is 13.9 Å². The molecule has 0 bridgehead atoms. The average Bonchev–Trinajstić information content (AvgIpc) is 3.57. The Morgan fingerprint density at radius 2 is 1.94 bits per heavy atom. The molecule has 0 unspecified atom stereocenters. The van der Waals surface area contributed by atoms with Gasteiger partial charge in [-0.25, -0.2) is 23.3 Å². The van der Waals surface area contributed by atoms with E-state index in [0.29, 0.717) is 52.4 Å². The fraction of sp³-hybridized carbons (Fsp3) is 0.208. The molecule has 3 aromatic heterocycles. The van der Waals surface area contributed by atoms with Crippen LogP contribution in [0.5, 0.6) is 5.75 Å². The molecule has 5 aromatic rings. The van der Waals surface area contributed by atoms with Crippen LogP contribution >= 0.6 is 0 Å². The Balaban J connectivity index is 1.38. The third-order valence-corrected chi connectivity index (χ3v) is 6.15. The number of halogens is 4. The standard InChI is InChI=1S/C24H18F4N6O/c25-13-3-5-17(26)15(10-13)20-2-1-8-33(20)21-7-9-34-23(32-21)16(12-29-34)22-30-18-6-4-14(35-24(27)28)11-19(18)31-22/h3-7,9-12,20,24H,1-2,8H2,(H,30,31)/t20-/m1/s1. The van der Waals surface area contributed by atoms with Crippen LogP contribution in [0.3, 0.4) is 0 Å². The molecular weight excluding hydrogens is 464 g/mol. The van der Waals surface area contributed by atoms with Gasteiger partial charge in [0.1, 0.15) is 29.0 Å². The summed E-state index contributed by atoms with van der Waals surface area (Å²) in [4.78, 5) is 14.4. The van der Waals surface area contributed by atoms with Crippen molar-refractivity contribution in [2.45, 2.75) is 25.5 Å². The summed E-state index contributed by atoms with van der Waals surface area (Å²) < 4.78 is 59.5. The average molecular weight is 482 g/mol. The van der Waals surface area contributed by atoms with Gasteiger partial charge in [-0.1, -0.05) is 0 Å². The van der Waals surface area contributed by atoms with Crippen molar-refractivity contribution in [2.75, 3.05) is 11.4 Å². The zero-order chi connectivity index (χ0) is 24.1. The second-order valence-electron chi connectivity index (χ2n) is 8.27. The van der Waals surface area contributed by atoms with E-state index in [1.165, 1.54) is 18.2 Å². The first-order chi connectivity index (χ1) is 17.0. The summed E-state index contributed by atoms with van der Waals surface area (Å²) in [6.45, 7) is -2.28. The zero-order valence-corrected chi connectivity index (χ0v) is 18.1. The van der Waals surface area contributed by atoms with Crippen molar-refractivity contribution in [3.63, 3.8) is 0 Å². The van der Waals surface area contributed by atoms with Crippen LogP contribution < -0.4 is 9.64 Å². The Labute approximate surface area is 196 Å². The Hall–Kier alpha value is -4.15. The number of hydrogen-bond donors (Lipinski definition) is 1. The van der Waals surface area contributed by atoms with Crippen LogP contribution in [0.25, 0.3) is 28.1 Å². The maximum absolute atomic E-state index is 14.5. The van der Waals surface area contributed by atoms with Gasteiger partial charge in [-0.15, -0.1) is 0 Å². The van der Waals surface area contributed by atoms with Gasteiger partial charge in [0, 0.05) is 24.4 Å². The summed E-state index contributed by atoms with van der Waals surface area (Å²) in [6.07, 6.45) is 4.84. The molecule has 4 heterocycles. The van der Waals surface area contributed by atoms with Crippen LogP contribution in [0.1, 0.15) is 24.4 Å². The fourth-order valence-corrected chi connectivity index (χ4v) is 4.61. The van der Waals surface area contributed by atoms with E-state index < -0.39 is 18.2 Å². The number of aromatic amines is 1. The number of imidazole rings is 1. The predicted octanol–water partition coefficient (Wildman–Crippen LogP) is 5.49. The number of rotatable bonds is 5. The molecule has 178 valence electrons. The molecule has 35 heavy (non-hydrogen) atoms. The van der Waals surface area contributed by atoms with Crippen molar-refractivity contribution in [3.8, 4) is 17.1 Å². The van der Waals surface area contributed by atoms with Gasteiger partial charge in [0.05, 0.1) is 28.8 Å². The van der Waals surface area contributed by atoms with Gasteiger partial charge in [-0.05, 0) is 49.2 Å². The molecular formula is C24H18F4N6O. The van der Waals surface area contributed by atoms with E-state index >= 15 is 0 Å². The second-order valence-corrected chi connectivity index (χ2v) is 8.27. The number of alkyl halides is 2. The lowest BCUT2D eigenvalue weighted by Crippen LogP contribution is -2.24. The number of nitrogens with zero attached hydrogens (tertiary/aromatic N) is 5. The van der Waals surface area contributed by atoms with Crippen LogP contribution in [-0.2, 0) is 0 Å². The lowest BCUT2D eigenvalue weighted by Gasteiger charge is -2.26. The van der Waals surface area contributed by atoms with E-state index in [1.54, 1.807) is 29.0 Å². The number of nitrogens with one attached hydrogen (secondary N) is 1. The van der Waals surface area contributed by atoms with Crippen molar-refractivity contribution in [1.29, 1.82) is 0 Å². The van der Waals surface area contributed by atoms with Crippen LogP contribution in [-0.4, -0.2) is 37.7 Å². The van der Waals surface area contributed by atoms with Crippen LogP contribution in [0, 0.1) is 11.6 Å². The first-order valence-electron chi connectivity index (χ1n) is 11.0. The molecule has 6 rings (SSSR count). The van der Waals surface area contributed by atoms with Gasteiger partial charge in [0.25, 0.3) is 0 Å². The molecule has 11 heteroatoms. The molecule has 0 spiro atoms. The highest BCUT2D eigenvalue weighted by Gasteiger charge is 2.30. The van der Waals surface area contributed by atoms with Crippen LogP contribution in [0.4, 0.5) is 23.4 Å². The summed E-state index contributed by atoms with van der Waals surface area (Å²) in [5.74, 6) is 0.151. The first-order valence-corrected chi connectivity index (χ1v) is 11.0. The van der Waals surface area contributed by atoms with Crippen molar-refractivity contribution in [1.82, 2.24) is 24.6 Å². The molecule has 0 saturated carbocycles.